The maximum atomic E-state index is 13.4. The van der Waals surface area contributed by atoms with Crippen LogP contribution in [0, 0.1) is 11.6 Å². The van der Waals surface area contributed by atoms with E-state index in [0.717, 1.165) is 12.1 Å². The summed E-state index contributed by atoms with van der Waals surface area (Å²) in [6.45, 7) is -0.121. The van der Waals surface area contributed by atoms with Crippen LogP contribution in [-0.4, -0.2) is 37.0 Å². The Balaban J connectivity index is 1.45. The Morgan fingerprint density at radius 1 is 1.09 bits per heavy atom. The number of halogens is 6. The van der Waals surface area contributed by atoms with Crippen molar-refractivity contribution < 1.29 is 36.3 Å². The Bertz CT molecular complexity index is 1030. The lowest BCUT2D eigenvalue weighted by atomic mass is 10.00. The van der Waals surface area contributed by atoms with Crippen LogP contribution in [0.5, 0.6) is 5.75 Å². The van der Waals surface area contributed by atoms with Crippen LogP contribution >= 0.6 is 11.6 Å². The molecule has 2 atom stereocenters. The monoisotopic (exact) mass is 491 g/mol. The largest absolute Gasteiger partial charge is 0.484 e. The lowest BCUT2D eigenvalue weighted by molar-refractivity contribution is -0.140. The van der Waals surface area contributed by atoms with Gasteiger partial charge in [0, 0.05) is 24.3 Å². The van der Waals surface area contributed by atoms with Gasteiger partial charge in [0.05, 0.1) is 16.6 Å². The number of ether oxygens (including phenoxy) is 1. The Hall–Kier alpha value is -2.92. The van der Waals surface area contributed by atoms with Gasteiger partial charge < -0.3 is 20.7 Å². The van der Waals surface area contributed by atoms with Crippen molar-refractivity contribution in [1.82, 2.24) is 10.6 Å². The third kappa shape index (κ3) is 6.78. The minimum Gasteiger partial charge on any atom is -0.484 e. The van der Waals surface area contributed by atoms with Crippen molar-refractivity contribution in [2.24, 2.45) is 0 Å². The molecule has 3 rings (SSSR count). The highest BCUT2D eigenvalue weighted by atomic mass is 35.5. The van der Waals surface area contributed by atoms with Gasteiger partial charge in [-0.05, 0) is 43.2 Å². The molecule has 178 valence electrons. The molecule has 0 radical (unpaired) electrons. The molecule has 2 unspecified atom stereocenters. The fourth-order valence-electron chi connectivity index (χ4n) is 3.24. The van der Waals surface area contributed by atoms with Gasteiger partial charge in [0.15, 0.2) is 6.61 Å². The molecular formula is C21H19ClF5N3O3. The number of carbonyl (C=O) groups excluding carboxylic acids is 2. The second kappa shape index (κ2) is 10.3. The van der Waals surface area contributed by atoms with Crippen LogP contribution in [0.25, 0.3) is 0 Å². The first-order valence-corrected chi connectivity index (χ1v) is 10.2. The summed E-state index contributed by atoms with van der Waals surface area (Å²) in [5.41, 5.74) is -1.65. The molecule has 1 heterocycles. The highest BCUT2D eigenvalue weighted by molar-refractivity contribution is 6.30. The number of amides is 2. The molecule has 1 aliphatic rings. The molecule has 1 saturated heterocycles. The SMILES string of the molecule is O=C(COc1ccc(Cl)c(F)c1)NC1CCC(C(=O)Nc2ccc(F)c(C(F)(F)F)c2)NC1. The van der Waals surface area contributed by atoms with Gasteiger partial charge in [0.1, 0.15) is 17.4 Å². The number of rotatable bonds is 6. The molecule has 12 heteroatoms. The molecule has 3 N–H and O–H groups in total. The molecular weight excluding hydrogens is 473 g/mol. The van der Waals surface area contributed by atoms with Gasteiger partial charge in [-0.25, -0.2) is 8.78 Å². The topological polar surface area (TPSA) is 79.5 Å². The lowest BCUT2D eigenvalue weighted by Gasteiger charge is -2.29. The molecule has 0 aromatic heterocycles. The average Bonchev–Trinajstić information content (AvgIpc) is 2.75. The second-order valence-corrected chi connectivity index (χ2v) is 7.76. The summed E-state index contributed by atoms with van der Waals surface area (Å²) in [6, 6.07) is 4.98. The zero-order valence-corrected chi connectivity index (χ0v) is 17.7. The van der Waals surface area contributed by atoms with E-state index in [-0.39, 0.29) is 35.7 Å². The standard InChI is InChI=1S/C21H19ClF5N3O3/c22-15-4-3-13(8-17(15)24)33-10-19(31)29-12-2-6-18(28-9-12)20(32)30-11-1-5-16(23)14(7-11)21(25,26)27/h1,3-5,7-8,12,18,28H,2,6,9-10H2,(H,29,31)(H,30,32). The molecule has 1 fully saturated rings. The molecule has 0 bridgehead atoms. The van der Waals surface area contributed by atoms with Gasteiger partial charge in [-0.3, -0.25) is 9.59 Å². The van der Waals surface area contributed by atoms with Crippen molar-refractivity contribution >= 4 is 29.1 Å². The maximum absolute atomic E-state index is 13.4. The molecule has 33 heavy (non-hydrogen) atoms. The van der Waals surface area contributed by atoms with E-state index >= 15 is 0 Å². The number of hydrogen-bond acceptors (Lipinski definition) is 4. The van der Waals surface area contributed by atoms with E-state index in [4.69, 9.17) is 16.3 Å². The maximum Gasteiger partial charge on any atom is 0.419 e. The van der Waals surface area contributed by atoms with E-state index in [1.54, 1.807) is 0 Å². The summed E-state index contributed by atoms with van der Waals surface area (Å²) in [7, 11) is 0. The number of hydrogen-bond donors (Lipinski definition) is 3. The fourth-order valence-corrected chi connectivity index (χ4v) is 3.36. The van der Waals surface area contributed by atoms with Crippen molar-refractivity contribution in [3.8, 4) is 5.75 Å². The highest BCUT2D eigenvalue weighted by Crippen LogP contribution is 2.33. The summed E-state index contributed by atoms with van der Waals surface area (Å²) >= 11 is 5.58. The van der Waals surface area contributed by atoms with Crippen LogP contribution in [0.3, 0.4) is 0 Å². The first-order valence-electron chi connectivity index (χ1n) is 9.81. The van der Waals surface area contributed by atoms with E-state index in [9.17, 15) is 31.5 Å². The fraction of sp³-hybridized carbons (Fsp3) is 0.333. The summed E-state index contributed by atoms with van der Waals surface area (Å²) in [6.07, 6.45) is -4.16. The number of carbonyl (C=O) groups is 2. The van der Waals surface area contributed by atoms with Crippen LogP contribution < -0.4 is 20.7 Å². The van der Waals surface area contributed by atoms with Crippen LogP contribution in [0.2, 0.25) is 5.02 Å². The Morgan fingerprint density at radius 2 is 1.85 bits per heavy atom. The number of benzene rings is 2. The van der Waals surface area contributed by atoms with Gasteiger partial charge in [-0.15, -0.1) is 0 Å². The van der Waals surface area contributed by atoms with Gasteiger partial charge in [-0.1, -0.05) is 11.6 Å². The molecule has 0 aliphatic carbocycles. The van der Waals surface area contributed by atoms with Crippen LogP contribution in [0.15, 0.2) is 36.4 Å². The highest BCUT2D eigenvalue weighted by Gasteiger charge is 2.34. The minimum absolute atomic E-state index is 0.0705. The molecule has 0 spiro atoms. The predicted octanol–water partition coefficient (Wildman–Crippen LogP) is 3.89. The molecule has 2 aromatic carbocycles. The van der Waals surface area contributed by atoms with E-state index in [1.807, 2.05) is 0 Å². The average molecular weight is 492 g/mol. The van der Waals surface area contributed by atoms with Crippen molar-refractivity contribution in [3.05, 3.63) is 58.6 Å². The zero-order chi connectivity index (χ0) is 24.2. The molecule has 1 aliphatic heterocycles. The van der Waals surface area contributed by atoms with Crippen LogP contribution in [-0.2, 0) is 15.8 Å². The van der Waals surface area contributed by atoms with Crippen LogP contribution in [0.1, 0.15) is 18.4 Å². The second-order valence-electron chi connectivity index (χ2n) is 7.35. The lowest BCUT2D eigenvalue weighted by Crippen LogP contribution is -2.53. The zero-order valence-electron chi connectivity index (χ0n) is 16.9. The minimum atomic E-state index is -4.88. The molecule has 6 nitrogen and oxygen atoms in total. The van der Waals surface area contributed by atoms with E-state index in [2.05, 4.69) is 16.0 Å². The van der Waals surface area contributed by atoms with Gasteiger partial charge in [0.2, 0.25) is 5.91 Å². The smallest absolute Gasteiger partial charge is 0.419 e. The number of nitrogens with one attached hydrogen (secondary N) is 3. The molecule has 0 saturated carbocycles. The Kier molecular flexibility index (Phi) is 7.75. The van der Waals surface area contributed by atoms with Crippen LogP contribution in [0.4, 0.5) is 27.6 Å². The van der Waals surface area contributed by atoms with Crippen molar-refractivity contribution in [1.29, 1.82) is 0 Å². The number of anilines is 1. The normalized spacial score (nSPS) is 18.5. The van der Waals surface area contributed by atoms with Gasteiger partial charge in [0.25, 0.3) is 5.91 Å². The van der Waals surface area contributed by atoms with E-state index in [1.165, 1.54) is 12.1 Å². The quantitative estimate of drug-likeness (QED) is 0.536. The van der Waals surface area contributed by atoms with Gasteiger partial charge >= 0.3 is 6.18 Å². The van der Waals surface area contributed by atoms with Crippen molar-refractivity contribution in [2.75, 3.05) is 18.5 Å². The summed E-state index contributed by atoms with van der Waals surface area (Å²) < 4.78 is 70.4. The Morgan fingerprint density at radius 3 is 2.48 bits per heavy atom. The van der Waals surface area contributed by atoms with Crippen molar-refractivity contribution in [2.45, 2.75) is 31.1 Å². The van der Waals surface area contributed by atoms with E-state index < -0.39 is 41.2 Å². The number of piperidine rings is 1. The first kappa shape index (κ1) is 24.7. The molecule has 2 aromatic rings. The Labute approximate surface area is 190 Å². The summed E-state index contributed by atoms with van der Waals surface area (Å²) in [5.74, 6) is -3.00. The predicted molar refractivity (Wildman–Crippen MR) is 110 cm³/mol. The summed E-state index contributed by atoms with van der Waals surface area (Å²) in [5, 5.41) is 7.89. The summed E-state index contributed by atoms with van der Waals surface area (Å²) in [4.78, 5) is 24.4. The van der Waals surface area contributed by atoms with E-state index in [0.29, 0.717) is 25.0 Å². The van der Waals surface area contributed by atoms with Gasteiger partial charge in [-0.2, -0.15) is 13.2 Å². The third-order valence-corrected chi connectivity index (χ3v) is 5.20. The number of alkyl halides is 3. The molecule has 2 amide bonds. The van der Waals surface area contributed by atoms with Crippen molar-refractivity contribution in [3.63, 3.8) is 0 Å². The third-order valence-electron chi connectivity index (χ3n) is 4.90. The first-order chi connectivity index (χ1) is 15.5.